The highest BCUT2D eigenvalue weighted by molar-refractivity contribution is 7.99. The number of aliphatic hydroxyl groups is 1. The number of hydrogen-bond acceptors (Lipinski definition) is 3. The quantitative estimate of drug-likeness (QED) is 0.818. The number of hydrogen-bond donors (Lipinski definition) is 2. The predicted molar refractivity (Wildman–Crippen MR) is 85.1 cm³/mol. The Morgan fingerprint density at radius 2 is 2.25 bits per heavy atom. The summed E-state index contributed by atoms with van der Waals surface area (Å²) >= 11 is 1.72. The molecule has 20 heavy (non-hydrogen) atoms. The molecule has 0 fully saturated rings. The second-order valence-corrected chi connectivity index (χ2v) is 5.79. The zero-order valence-electron chi connectivity index (χ0n) is 12.2. The van der Waals surface area contributed by atoms with E-state index >= 15 is 0 Å². The first-order chi connectivity index (χ1) is 9.60. The normalized spacial score (nSPS) is 11.4. The highest BCUT2D eigenvalue weighted by Gasteiger charge is 2.11. The van der Waals surface area contributed by atoms with Gasteiger partial charge in [-0.15, -0.1) is 0 Å². The molecule has 3 nitrogen and oxygen atoms in total. The summed E-state index contributed by atoms with van der Waals surface area (Å²) < 4.78 is 0. The topological polar surface area (TPSA) is 49.3 Å². The summed E-state index contributed by atoms with van der Waals surface area (Å²) in [6, 6.07) is 5.54. The molecule has 1 rings (SSSR count). The fourth-order valence-electron chi connectivity index (χ4n) is 1.65. The fourth-order valence-corrected chi connectivity index (χ4v) is 1.90. The second-order valence-electron chi connectivity index (χ2n) is 4.51. The smallest absolute Gasteiger partial charge is 0.251 e. The van der Waals surface area contributed by atoms with Gasteiger partial charge in [0, 0.05) is 29.3 Å². The van der Waals surface area contributed by atoms with Crippen molar-refractivity contribution in [3.63, 3.8) is 0 Å². The number of carbonyl (C=O) groups is 1. The highest BCUT2D eigenvalue weighted by Crippen LogP contribution is 2.13. The standard InChI is InChI=1S/C16H21NO2S/c1-12(20-3)11-17-16(19)15-9-6-8-14(13(15)2)7-4-5-10-18/h6,8-9,12,18H,5,10-11H2,1-3H3,(H,17,19). The molecule has 0 bridgehead atoms. The molecule has 0 heterocycles. The summed E-state index contributed by atoms with van der Waals surface area (Å²) in [5.41, 5.74) is 2.38. The Bertz CT molecular complexity index is 517. The van der Waals surface area contributed by atoms with Gasteiger partial charge in [-0.25, -0.2) is 0 Å². The molecule has 0 aromatic heterocycles. The Labute approximate surface area is 125 Å². The minimum absolute atomic E-state index is 0.0544. The number of carbonyl (C=O) groups excluding carboxylic acids is 1. The van der Waals surface area contributed by atoms with Crippen molar-refractivity contribution in [2.24, 2.45) is 0 Å². The number of thioether (sulfide) groups is 1. The average molecular weight is 291 g/mol. The van der Waals surface area contributed by atoms with Crippen LogP contribution < -0.4 is 5.32 Å². The maximum atomic E-state index is 12.2. The zero-order chi connectivity index (χ0) is 15.0. The third kappa shape index (κ3) is 4.92. The molecular weight excluding hydrogens is 270 g/mol. The molecule has 0 saturated carbocycles. The second kappa shape index (κ2) is 8.68. The first-order valence-electron chi connectivity index (χ1n) is 6.60. The van der Waals surface area contributed by atoms with Crippen molar-refractivity contribution < 1.29 is 9.90 Å². The minimum atomic E-state index is -0.0609. The lowest BCUT2D eigenvalue weighted by Gasteiger charge is -2.12. The Hall–Kier alpha value is -1.44. The van der Waals surface area contributed by atoms with Crippen LogP contribution in [-0.4, -0.2) is 35.7 Å². The molecule has 1 aromatic rings. The van der Waals surface area contributed by atoms with Crippen LogP contribution in [0.2, 0.25) is 0 Å². The third-order valence-corrected chi connectivity index (χ3v) is 3.96. The van der Waals surface area contributed by atoms with Crippen molar-refractivity contribution in [1.29, 1.82) is 0 Å². The summed E-state index contributed by atoms with van der Waals surface area (Å²) in [6.45, 7) is 4.68. The van der Waals surface area contributed by atoms with Gasteiger partial charge in [0.15, 0.2) is 0 Å². The minimum Gasteiger partial charge on any atom is -0.395 e. The van der Waals surface area contributed by atoms with Crippen LogP contribution >= 0.6 is 11.8 Å². The Balaban J connectivity index is 2.83. The van der Waals surface area contributed by atoms with Gasteiger partial charge in [0.2, 0.25) is 0 Å². The Morgan fingerprint density at radius 1 is 1.50 bits per heavy atom. The van der Waals surface area contributed by atoms with Crippen LogP contribution in [0.5, 0.6) is 0 Å². The fraction of sp³-hybridized carbons (Fsp3) is 0.438. The van der Waals surface area contributed by atoms with Crippen molar-refractivity contribution >= 4 is 17.7 Å². The van der Waals surface area contributed by atoms with Crippen LogP contribution in [0, 0.1) is 18.8 Å². The van der Waals surface area contributed by atoms with Crippen LogP contribution in [0.25, 0.3) is 0 Å². The molecule has 0 aliphatic carbocycles. The molecule has 0 aliphatic rings. The number of benzene rings is 1. The third-order valence-electron chi connectivity index (χ3n) is 2.99. The van der Waals surface area contributed by atoms with Gasteiger partial charge in [0.1, 0.15) is 0 Å². The van der Waals surface area contributed by atoms with Gasteiger partial charge < -0.3 is 10.4 Å². The van der Waals surface area contributed by atoms with E-state index in [9.17, 15) is 4.79 Å². The van der Waals surface area contributed by atoms with Crippen LogP contribution in [0.1, 0.15) is 34.8 Å². The van der Waals surface area contributed by atoms with Gasteiger partial charge in [0.25, 0.3) is 5.91 Å². The summed E-state index contributed by atoms with van der Waals surface area (Å²) in [6.07, 6.45) is 2.47. The van der Waals surface area contributed by atoms with E-state index in [0.29, 0.717) is 23.8 Å². The largest absolute Gasteiger partial charge is 0.395 e. The Kier molecular flexibility index (Phi) is 7.21. The average Bonchev–Trinajstić information content (AvgIpc) is 2.46. The molecule has 1 atom stereocenters. The van der Waals surface area contributed by atoms with Crippen LogP contribution in [0.4, 0.5) is 0 Å². The molecule has 0 spiro atoms. The lowest BCUT2D eigenvalue weighted by atomic mass is 10.0. The van der Waals surface area contributed by atoms with E-state index < -0.39 is 0 Å². The maximum Gasteiger partial charge on any atom is 0.251 e. The molecule has 108 valence electrons. The monoisotopic (exact) mass is 291 g/mol. The zero-order valence-corrected chi connectivity index (χ0v) is 13.0. The van der Waals surface area contributed by atoms with Crippen LogP contribution in [-0.2, 0) is 0 Å². The molecule has 0 aliphatic heterocycles. The first kappa shape index (κ1) is 16.6. The molecule has 2 N–H and O–H groups in total. The van der Waals surface area contributed by atoms with E-state index in [1.54, 1.807) is 11.8 Å². The molecule has 0 saturated heterocycles. The van der Waals surface area contributed by atoms with E-state index in [1.807, 2.05) is 31.4 Å². The van der Waals surface area contributed by atoms with E-state index in [4.69, 9.17) is 5.11 Å². The van der Waals surface area contributed by atoms with Gasteiger partial charge in [-0.3, -0.25) is 4.79 Å². The summed E-state index contributed by atoms with van der Waals surface area (Å²) in [7, 11) is 0. The lowest BCUT2D eigenvalue weighted by Crippen LogP contribution is -2.29. The molecule has 4 heteroatoms. The van der Waals surface area contributed by atoms with Crippen LogP contribution in [0.3, 0.4) is 0 Å². The summed E-state index contributed by atoms with van der Waals surface area (Å²) in [4.78, 5) is 12.2. The van der Waals surface area contributed by atoms with Gasteiger partial charge in [-0.05, 0) is 30.9 Å². The van der Waals surface area contributed by atoms with Crippen molar-refractivity contribution in [1.82, 2.24) is 5.32 Å². The van der Waals surface area contributed by atoms with Crippen molar-refractivity contribution in [2.45, 2.75) is 25.5 Å². The van der Waals surface area contributed by atoms with E-state index in [1.165, 1.54) is 0 Å². The SMILES string of the molecule is CSC(C)CNC(=O)c1cccc(C#CCCO)c1C. The lowest BCUT2D eigenvalue weighted by molar-refractivity contribution is 0.0953. The molecule has 0 radical (unpaired) electrons. The van der Waals surface area contributed by atoms with Gasteiger partial charge in [-0.2, -0.15) is 11.8 Å². The number of rotatable bonds is 5. The van der Waals surface area contributed by atoms with Crippen molar-refractivity contribution in [2.75, 3.05) is 19.4 Å². The highest BCUT2D eigenvalue weighted by atomic mass is 32.2. The molecular formula is C16H21NO2S. The van der Waals surface area contributed by atoms with E-state index in [0.717, 1.165) is 11.1 Å². The van der Waals surface area contributed by atoms with Crippen molar-refractivity contribution in [3.05, 3.63) is 34.9 Å². The Morgan fingerprint density at radius 3 is 2.90 bits per heavy atom. The van der Waals surface area contributed by atoms with E-state index in [-0.39, 0.29) is 12.5 Å². The van der Waals surface area contributed by atoms with Crippen molar-refractivity contribution in [3.8, 4) is 11.8 Å². The van der Waals surface area contributed by atoms with Gasteiger partial charge in [0.05, 0.1) is 6.61 Å². The predicted octanol–water partition coefficient (Wildman–Crippen LogP) is 2.21. The van der Waals surface area contributed by atoms with Crippen LogP contribution in [0.15, 0.2) is 18.2 Å². The van der Waals surface area contributed by atoms with E-state index in [2.05, 4.69) is 24.1 Å². The van der Waals surface area contributed by atoms with Gasteiger partial charge >= 0.3 is 0 Å². The molecule has 1 unspecified atom stereocenters. The number of amides is 1. The van der Waals surface area contributed by atoms with Gasteiger partial charge in [-0.1, -0.05) is 24.8 Å². The summed E-state index contributed by atoms with van der Waals surface area (Å²) in [5.74, 6) is 5.81. The number of aliphatic hydroxyl groups excluding tert-OH is 1. The number of nitrogens with one attached hydrogen (secondary N) is 1. The molecule has 1 aromatic carbocycles. The summed E-state index contributed by atoms with van der Waals surface area (Å²) in [5, 5.41) is 12.1. The molecule has 1 amide bonds. The first-order valence-corrected chi connectivity index (χ1v) is 7.89. The maximum absolute atomic E-state index is 12.2.